The summed E-state index contributed by atoms with van der Waals surface area (Å²) >= 11 is 0. The van der Waals surface area contributed by atoms with Gasteiger partial charge in [0, 0.05) is 17.5 Å². The van der Waals surface area contributed by atoms with Gasteiger partial charge < -0.3 is 23.9 Å². The highest BCUT2D eigenvalue weighted by atomic mass is 16.7. The Morgan fingerprint density at radius 3 is 2.85 bits per heavy atom. The van der Waals surface area contributed by atoms with Crippen molar-refractivity contribution in [1.82, 2.24) is 25.0 Å². The first-order valence-electron chi connectivity index (χ1n) is 10.3. The second kappa shape index (κ2) is 7.49. The van der Waals surface area contributed by atoms with Crippen LogP contribution in [0.3, 0.4) is 0 Å². The number of fused-ring (bicyclic) bond motifs is 2. The van der Waals surface area contributed by atoms with E-state index in [-0.39, 0.29) is 12.7 Å². The second-order valence-electron chi connectivity index (χ2n) is 7.69. The number of carbonyl (C=O) groups is 1. The Morgan fingerprint density at radius 1 is 1.15 bits per heavy atom. The molecule has 10 heteroatoms. The van der Waals surface area contributed by atoms with Crippen molar-refractivity contribution in [2.45, 2.75) is 19.0 Å². The summed E-state index contributed by atoms with van der Waals surface area (Å²) in [5, 5.41) is 13.2. The average Bonchev–Trinajstić information content (AvgIpc) is 3.62. The highest BCUT2D eigenvalue weighted by Gasteiger charge is 2.36. The lowest BCUT2D eigenvalue weighted by molar-refractivity contribution is 0.0590. The lowest BCUT2D eigenvalue weighted by atomic mass is 10.0. The zero-order valence-corrected chi connectivity index (χ0v) is 17.2. The second-order valence-corrected chi connectivity index (χ2v) is 7.69. The molecular weight excluding hydrogens is 424 g/mol. The number of nitriles is 1. The van der Waals surface area contributed by atoms with Gasteiger partial charge >= 0.3 is 0 Å². The van der Waals surface area contributed by atoms with Gasteiger partial charge in [-0.05, 0) is 42.5 Å². The molecule has 33 heavy (non-hydrogen) atoms. The number of H-pyrrole nitrogens is 1. The Bertz CT molecular complexity index is 1400. The number of benzene rings is 2. The monoisotopic (exact) mass is 440 g/mol. The van der Waals surface area contributed by atoms with Crippen LogP contribution in [0.15, 0.2) is 53.3 Å². The van der Waals surface area contributed by atoms with E-state index in [0.717, 1.165) is 17.0 Å². The van der Waals surface area contributed by atoms with Crippen molar-refractivity contribution in [2.75, 3.05) is 6.79 Å². The first-order chi connectivity index (χ1) is 16.2. The van der Waals surface area contributed by atoms with Crippen LogP contribution in [0.1, 0.15) is 39.2 Å². The zero-order valence-electron chi connectivity index (χ0n) is 17.2. The Labute approximate surface area is 187 Å². The highest BCUT2D eigenvalue weighted by Crippen LogP contribution is 2.37. The van der Waals surface area contributed by atoms with E-state index in [9.17, 15) is 4.79 Å². The highest BCUT2D eigenvalue weighted by molar-refractivity contribution is 5.94. The summed E-state index contributed by atoms with van der Waals surface area (Å²) in [7, 11) is 0. The molecule has 0 unspecified atom stereocenters. The molecule has 0 radical (unpaired) electrons. The van der Waals surface area contributed by atoms with Crippen LogP contribution in [0.4, 0.5) is 0 Å². The number of carbonyl (C=O) groups excluding carboxylic acids is 1. The molecule has 1 amide bonds. The molecule has 0 saturated carbocycles. The summed E-state index contributed by atoms with van der Waals surface area (Å²) < 4.78 is 16.4. The van der Waals surface area contributed by atoms with E-state index in [4.69, 9.17) is 19.3 Å². The number of nitrogens with one attached hydrogen (secondary N) is 1. The lowest BCUT2D eigenvalue weighted by Crippen LogP contribution is -2.39. The number of amides is 1. The van der Waals surface area contributed by atoms with Crippen LogP contribution in [-0.4, -0.2) is 37.7 Å². The van der Waals surface area contributed by atoms with Crippen LogP contribution in [0.2, 0.25) is 0 Å². The summed E-state index contributed by atoms with van der Waals surface area (Å²) in [5.41, 5.74) is 3.39. The number of nitrogens with zero attached hydrogens (tertiary/aromatic N) is 5. The van der Waals surface area contributed by atoms with E-state index < -0.39 is 6.04 Å². The molecule has 2 aromatic carbocycles. The molecule has 10 nitrogen and oxygen atoms in total. The van der Waals surface area contributed by atoms with Crippen LogP contribution in [0, 0.1) is 11.3 Å². The van der Waals surface area contributed by atoms with Gasteiger partial charge in [0.25, 0.3) is 5.91 Å². The van der Waals surface area contributed by atoms with E-state index in [1.807, 2.05) is 6.07 Å². The van der Waals surface area contributed by atoms with Crippen LogP contribution < -0.4 is 9.47 Å². The summed E-state index contributed by atoms with van der Waals surface area (Å²) in [5.74, 6) is 1.79. The maximum Gasteiger partial charge on any atom is 0.254 e. The predicted molar refractivity (Wildman–Crippen MR) is 112 cm³/mol. The van der Waals surface area contributed by atoms with Crippen LogP contribution >= 0.6 is 0 Å². The fourth-order valence-corrected chi connectivity index (χ4v) is 4.05. The van der Waals surface area contributed by atoms with Crippen LogP contribution in [-0.2, 0) is 13.0 Å². The third-order valence-corrected chi connectivity index (χ3v) is 5.78. The Morgan fingerprint density at radius 2 is 2.00 bits per heavy atom. The molecule has 2 aromatic heterocycles. The smallest absolute Gasteiger partial charge is 0.254 e. The minimum Gasteiger partial charge on any atom is -0.454 e. The number of aromatic nitrogens is 4. The fraction of sp³-hybridized carbons (Fsp3) is 0.174. The van der Waals surface area contributed by atoms with Crippen molar-refractivity contribution < 1.29 is 18.8 Å². The number of hydrogen-bond acceptors (Lipinski definition) is 8. The summed E-state index contributed by atoms with van der Waals surface area (Å²) in [6.45, 7) is 0.497. The van der Waals surface area contributed by atoms with E-state index in [2.05, 4.69) is 26.2 Å². The maximum atomic E-state index is 13.4. The molecular formula is C23H16N6O4. The molecule has 4 aromatic rings. The average molecular weight is 440 g/mol. The summed E-state index contributed by atoms with van der Waals surface area (Å²) in [6.07, 6.45) is 2.05. The number of hydrogen-bond donors (Lipinski definition) is 1. The van der Waals surface area contributed by atoms with Gasteiger partial charge in [0.05, 0.1) is 35.9 Å². The molecule has 2 aliphatic rings. The number of aromatic amines is 1. The van der Waals surface area contributed by atoms with Gasteiger partial charge in [-0.1, -0.05) is 5.16 Å². The molecule has 0 aliphatic carbocycles. The van der Waals surface area contributed by atoms with Crippen LogP contribution in [0.5, 0.6) is 11.5 Å². The standard InChI is InChI=1S/C23H16N6O4/c24-9-13-1-3-14(4-2-13)23(30)29-10-17-16(25-11-26-17)8-18(29)22-27-21(28-33-22)15-5-6-19-20(7-15)32-12-31-19/h1-7,11,18H,8,10,12H2,(H,25,26)/t18-/m0/s1. The van der Waals surface area contributed by atoms with E-state index in [1.165, 1.54) is 0 Å². The number of ether oxygens (including phenoxy) is 2. The Kier molecular flexibility index (Phi) is 4.33. The van der Waals surface area contributed by atoms with Gasteiger partial charge in [-0.2, -0.15) is 10.2 Å². The minimum atomic E-state index is -0.487. The van der Waals surface area contributed by atoms with Gasteiger partial charge in [0.2, 0.25) is 18.5 Å². The van der Waals surface area contributed by atoms with Crippen molar-refractivity contribution in [3.05, 3.63) is 77.2 Å². The molecule has 0 fully saturated rings. The van der Waals surface area contributed by atoms with E-state index in [0.29, 0.717) is 47.3 Å². The van der Waals surface area contributed by atoms with E-state index >= 15 is 0 Å². The molecule has 4 heterocycles. The van der Waals surface area contributed by atoms with Gasteiger partial charge in [-0.15, -0.1) is 0 Å². The number of rotatable bonds is 3. The first-order valence-corrected chi connectivity index (χ1v) is 10.3. The SMILES string of the molecule is N#Cc1ccc(C(=O)N2Cc3[nH]cnc3C[C@H]2c2nc(-c3ccc4c(c3)OCO4)no2)cc1. The first kappa shape index (κ1) is 19.1. The van der Waals surface area contributed by atoms with E-state index in [1.54, 1.807) is 47.6 Å². The molecule has 6 rings (SSSR count). The minimum absolute atomic E-state index is 0.177. The molecule has 162 valence electrons. The molecule has 1 atom stereocenters. The van der Waals surface area contributed by atoms with Crippen molar-refractivity contribution in [2.24, 2.45) is 0 Å². The fourth-order valence-electron chi connectivity index (χ4n) is 4.05. The normalized spacial score (nSPS) is 16.3. The predicted octanol–water partition coefficient (Wildman–Crippen LogP) is 3.00. The Balaban J connectivity index is 1.34. The molecule has 0 spiro atoms. The van der Waals surface area contributed by atoms with Gasteiger partial charge in [0.15, 0.2) is 11.5 Å². The quantitative estimate of drug-likeness (QED) is 0.515. The van der Waals surface area contributed by atoms with Crippen molar-refractivity contribution in [3.63, 3.8) is 0 Å². The Hall–Kier alpha value is -4.65. The molecule has 0 saturated heterocycles. The zero-order chi connectivity index (χ0) is 22.4. The number of imidazole rings is 1. The van der Waals surface area contributed by atoms with Crippen molar-refractivity contribution in [3.8, 4) is 29.0 Å². The lowest BCUT2D eigenvalue weighted by Gasteiger charge is -2.32. The third kappa shape index (κ3) is 3.27. The molecule has 1 N–H and O–H groups in total. The topological polar surface area (TPSA) is 130 Å². The molecule has 0 bridgehead atoms. The molecule has 2 aliphatic heterocycles. The third-order valence-electron chi connectivity index (χ3n) is 5.78. The van der Waals surface area contributed by atoms with Crippen molar-refractivity contribution in [1.29, 1.82) is 5.26 Å². The van der Waals surface area contributed by atoms with Crippen LogP contribution in [0.25, 0.3) is 11.4 Å². The van der Waals surface area contributed by atoms with Gasteiger partial charge in [-0.3, -0.25) is 4.79 Å². The summed E-state index contributed by atoms with van der Waals surface area (Å²) in [4.78, 5) is 27.2. The van der Waals surface area contributed by atoms with Gasteiger partial charge in [0.1, 0.15) is 6.04 Å². The van der Waals surface area contributed by atoms with Gasteiger partial charge in [-0.25, -0.2) is 4.98 Å². The van der Waals surface area contributed by atoms with Crippen molar-refractivity contribution >= 4 is 5.91 Å². The summed E-state index contributed by atoms with van der Waals surface area (Å²) in [6, 6.07) is 13.5. The largest absolute Gasteiger partial charge is 0.454 e. The maximum absolute atomic E-state index is 13.4.